The van der Waals surface area contributed by atoms with Crippen LogP contribution in [0.25, 0.3) is 0 Å². The van der Waals surface area contributed by atoms with Crippen LogP contribution < -0.4 is 0 Å². The van der Waals surface area contributed by atoms with Crippen molar-refractivity contribution in [2.24, 2.45) is 0 Å². The molecule has 0 radical (unpaired) electrons. The van der Waals surface area contributed by atoms with E-state index in [1.54, 1.807) is 0 Å². The summed E-state index contributed by atoms with van der Waals surface area (Å²) in [6, 6.07) is 6.67. The number of benzene rings is 1. The molecular weight excluding hydrogens is 323 g/mol. The first kappa shape index (κ1) is 16.3. The molecule has 1 aromatic rings. The minimum absolute atomic E-state index is 0.179. The van der Waals surface area contributed by atoms with Crippen molar-refractivity contribution < 1.29 is 4.43 Å². The summed E-state index contributed by atoms with van der Waals surface area (Å²) < 4.78 is 5.72. The predicted molar refractivity (Wildman–Crippen MR) is 78.8 cm³/mol. The zero-order valence-electron chi connectivity index (χ0n) is 10.6. The maximum atomic E-state index is 9.35. The fraction of sp³-hybridized carbons (Fsp3) is 0.333. The second kappa shape index (κ2) is 5.71. The molecule has 0 atom stereocenters. The third kappa shape index (κ3) is 3.63. The Bertz CT molecular complexity index is 547. The van der Waals surface area contributed by atoms with E-state index in [0.717, 1.165) is 0 Å². The lowest BCUT2D eigenvalue weighted by Gasteiger charge is -2.28. The highest BCUT2D eigenvalue weighted by molar-refractivity contribution is 6.69. The molecule has 1 rings (SSSR count). The van der Waals surface area contributed by atoms with Gasteiger partial charge < -0.3 is 4.43 Å². The zero-order valence-corrected chi connectivity index (χ0v) is 13.9. The number of nitriles is 2. The van der Waals surface area contributed by atoms with E-state index in [9.17, 15) is 10.5 Å². The molecule has 3 nitrogen and oxygen atoms in total. The Balaban J connectivity index is 3.45. The summed E-state index contributed by atoms with van der Waals surface area (Å²) in [6.07, 6.45) is 0. The minimum atomic E-state index is -2.13. The maximum absolute atomic E-state index is 9.35. The summed E-state index contributed by atoms with van der Waals surface area (Å²) in [5, 5.41) is 19.2. The van der Waals surface area contributed by atoms with Gasteiger partial charge in [0.2, 0.25) is 0 Å². The molecule has 0 aliphatic heterocycles. The smallest absolute Gasteiger partial charge is 0.258 e. The third-order valence-electron chi connectivity index (χ3n) is 2.16. The number of hydrogen-bond donors (Lipinski definition) is 0. The quantitative estimate of drug-likeness (QED) is 0.593. The average molecular weight is 334 g/mol. The molecule has 0 fully saturated rings. The van der Waals surface area contributed by atoms with Gasteiger partial charge in [0.05, 0.1) is 15.1 Å². The molecule has 0 aromatic heterocycles. The Kier molecular flexibility index (Phi) is 4.90. The maximum Gasteiger partial charge on any atom is 0.258 e. The van der Waals surface area contributed by atoms with Crippen molar-refractivity contribution in [3.8, 4) is 12.1 Å². The van der Waals surface area contributed by atoms with Gasteiger partial charge >= 0.3 is 0 Å². The van der Waals surface area contributed by atoms with Crippen LogP contribution in [0.4, 0.5) is 0 Å². The van der Waals surface area contributed by atoms with E-state index in [4.69, 9.17) is 39.2 Å². The molecule has 100 valence electrons. The lowest BCUT2D eigenvalue weighted by Crippen LogP contribution is -2.38. The van der Waals surface area contributed by atoms with Crippen molar-refractivity contribution >= 4 is 43.1 Å². The van der Waals surface area contributed by atoms with Crippen molar-refractivity contribution in [3.05, 3.63) is 32.8 Å². The summed E-state index contributed by atoms with van der Waals surface area (Å²) in [5.41, 5.74) is -1.43. The highest BCUT2D eigenvalue weighted by Gasteiger charge is 2.39. The van der Waals surface area contributed by atoms with Crippen LogP contribution in [0.5, 0.6) is 0 Å². The molecule has 0 unspecified atom stereocenters. The van der Waals surface area contributed by atoms with Crippen molar-refractivity contribution in [1.29, 1.82) is 10.5 Å². The van der Waals surface area contributed by atoms with Gasteiger partial charge in [0, 0.05) is 5.56 Å². The number of rotatable bonds is 3. The molecule has 0 amide bonds. The Hall–Kier alpha value is -0.753. The van der Waals surface area contributed by atoms with Crippen LogP contribution in [-0.2, 0) is 10.0 Å². The van der Waals surface area contributed by atoms with Crippen LogP contribution in [-0.4, -0.2) is 8.32 Å². The molecular formula is C12H11Cl3N2OSi. The standard InChI is InChI=1S/C12H11Cl3N2OSi/c1-19(2,3)18-12(6-16,7-17)8-4-9(13)11(15)10(14)5-8/h4-5H,1-3H3. The van der Waals surface area contributed by atoms with E-state index in [0.29, 0.717) is 5.56 Å². The first-order valence-corrected chi connectivity index (χ1v) is 9.87. The van der Waals surface area contributed by atoms with Gasteiger partial charge in [-0.05, 0) is 31.8 Å². The molecule has 0 aliphatic rings. The summed E-state index contributed by atoms with van der Waals surface area (Å²) in [4.78, 5) is 0. The fourth-order valence-electron chi connectivity index (χ4n) is 1.48. The summed E-state index contributed by atoms with van der Waals surface area (Å²) in [6.45, 7) is 5.65. The van der Waals surface area contributed by atoms with E-state index in [2.05, 4.69) is 0 Å². The Labute approximate surface area is 128 Å². The van der Waals surface area contributed by atoms with E-state index in [1.807, 2.05) is 31.8 Å². The SMILES string of the molecule is C[Si](C)(C)OC(C#N)(C#N)c1cc(Cl)c(Cl)c(Cl)c1. The predicted octanol–water partition coefficient (Wildman–Crippen LogP) is 4.74. The summed E-state index contributed by atoms with van der Waals surface area (Å²) in [5.74, 6) is 0. The van der Waals surface area contributed by atoms with Crippen LogP contribution in [0, 0.1) is 22.7 Å². The summed E-state index contributed by atoms with van der Waals surface area (Å²) >= 11 is 17.7. The number of halogens is 3. The zero-order chi connectivity index (χ0) is 14.8. The van der Waals surface area contributed by atoms with Gasteiger partial charge in [-0.15, -0.1) is 0 Å². The van der Waals surface area contributed by atoms with Gasteiger partial charge in [-0.3, -0.25) is 0 Å². The summed E-state index contributed by atoms with van der Waals surface area (Å²) in [7, 11) is -2.13. The normalized spacial score (nSPS) is 11.8. The molecule has 0 saturated heterocycles. The van der Waals surface area contributed by atoms with Crippen LogP contribution in [0.1, 0.15) is 5.56 Å². The molecule has 0 bridgehead atoms. The lowest BCUT2D eigenvalue weighted by atomic mass is 9.97. The van der Waals surface area contributed by atoms with Gasteiger partial charge in [0.15, 0.2) is 8.32 Å². The Morgan fingerprint density at radius 1 is 1.05 bits per heavy atom. The van der Waals surface area contributed by atoms with Crippen LogP contribution >= 0.6 is 34.8 Å². The highest BCUT2D eigenvalue weighted by Crippen LogP contribution is 2.37. The first-order valence-electron chi connectivity index (χ1n) is 5.33. The average Bonchev–Trinajstić information content (AvgIpc) is 2.31. The molecule has 1 aromatic carbocycles. The van der Waals surface area contributed by atoms with E-state index < -0.39 is 13.9 Å². The van der Waals surface area contributed by atoms with E-state index in [1.165, 1.54) is 12.1 Å². The van der Waals surface area contributed by atoms with E-state index in [-0.39, 0.29) is 15.1 Å². The van der Waals surface area contributed by atoms with Gasteiger partial charge in [-0.2, -0.15) is 10.5 Å². The van der Waals surface area contributed by atoms with Crippen LogP contribution in [0.3, 0.4) is 0 Å². The van der Waals surface area contributed by atoms with Gasteiger partial charge in [-0.1, -0.05) is 34.8 Å². The number of nitrogens with zero attached hydrogens (tertiary/aromatic N) is 2. The molecule has 0 N–H and O–H groups in total. The second-order valence-corrected chi connectivity index (χ2v) is 10.5. The molecule has 7 heteroatoms. The minimum Gasteiger partial charge on any atom is -0.386 e. The molecule has 0 spiro atoms. The monoisotopic (exact) mass is 332 g/mol. The molecule has 0 saturated carbocycles. The van der Waals surface area contributed by atoms with Gasteiger partial charge in [0.25, 0.3) is 5.60 Å². The Morgan fingerprint density at radius 2 is 1.47 bits per heavy atom. The van der Waals surface area contributed by atoms with Crippen LogP contribution in [0.2, 0.25) is 34.7 Å². The van der Waals surface area contributed by atoms with E-state index >= 15 is 0 Å². The third-order valence-corrected chi connectivity index (χ3v) is 4.28. The van der Waals surface area contributed by atoms with Crippen molar-refractivity contribution in [3.63, 3.8) is 0 Å². The number of hydrogen-bond acceptors (Lipinski definition) is 3. The van der Waals surface area contributed by atoms with Crippen molar-refractivity contribution in [1.82, 2.24) is 0 Å². The van der Waals surface area contributed by atoms with Crippen molar-refractivity contribution in [2.45, 2.75) is 25.2 Å². The largest absolute Gasteiger partial charge is 0.386 e. The first-order chi connectivity index (χ1) is 8.65. The fourth-order valence-corrected chi connectivity index (χ4v) is 3.20. The van der Waals surface area contributed by atoms with Gasteiger partial charge in [-0.25, -0.2) is 0 Å². The molecule has 0 aliphatic carbocycles. The lowest BCUT2D eigenvalue weighted by molar-refractivity contribution is 0.180. The molecule has 19 heavy (non-hydrogen) atoms. The highest BCUT2D eigenvalue weighted by atomic mass is 35.5. The van der Waals surface area contributed by atoms with Crippen molar-refractivity contribution in [2.75, 3.05) is 0 Å². The molecule has 0 heterocycles. The van der Waals surface area contributed by atoms with Gasteiger partial charge in [0.1, 0.15) is 12.1 Å². The van der Waals surface area contributed by atoms with Crippen LogP contribution in [0.15, 0.2) is 12.1 Å². The Morgan fingerprint density at radius 3 is 1.79 bits per heavy atom. The second-order valence-electron chi connectivity index (χ2n) is 4.87. The topological polar surface area (TPSA) is 56.8 Å².